The van der Waals surface area contributed by atoms with E-state index in [2.05, 4.69) is 31.0 Å². The molecule has 3 nitrogen and oxygen atoms in total. The van der Waals surface area contributed by atoms with Gasteiger partial charge in [-0.3, -0.25) is 0 Å². The predicted octanol–water partition coefficient (Wildman–Crippen LogP) is 2.12. The van der Waals surface area contributed by atoms with Gasteiger partial charge in [-0.15, -0.1) is 0 Å². The smallest absolute Gasteiger partial charge is 0.0589 e. The number of nitrogens with zero attached hydrogens (tertiary/aromatic N) is 1. The van der Waals surface area contributed by atoms with Crippen molar-refractivity contribution < 1.29 is 4.74 Å². The van der Waals surface area contributed by atoms with Gasteiger partial charge in [0.15, 0.2) is 0 Å². The Kier molecular flexibility index (Phi) is 11.3. The Morgan fingerprint density at radius 2 is 1.88 bits per heavy atom. The molecule has 0 aliphatic carbocycles. The van der Waals surface area contributed by atoms with Crippen molar-refractivity contribution in [2.45, 2.75) is 46.1 Å². The topological polar surface area (TPSA) is 24.5 Å². The average molecular weight is 230 g/mol. The summed E-state index contributed by atoms with van der Waals surface area (Å²) in [5.41, 5.74) is 0. The van der Waals surface area contributed by atoms with E-state index in [9.17, 15) is 0 Å². The molecule has 0 aromatic heterocycles. The number of hydrogen-bond donors (Lipinski definition) is 1. The van der Waals surface area contributed by atoms with Crippen molar-refractivity contribution in [2.24, 2.45) is 0 Å². The van der Waals surface area contributed by atoms with Crippen LogP contribution in [0.1, 0.15) is 40.0 Å². The number of methoxy groups -OCH3 is 1. The van der Waals surface area contributed by atoms with Crippen LogP contribution in [0.5, 0.6) is 0 Å². The van der Waals surface area contributed by atoms with Crippen LogP contribution >= 0.6 is 0 Å². The SMILES string of the molecule is CCN(CCCCCNC(C)C)CCOC. The molecule has 0 fully saturated rings. The molecule has 0 rings (SSSR count). The summed E-state index contributed by atoms with van der Waals surface area (Å²) in [7, 11) is 1.77. The van der Waals surface area contributed by atoms with Gasteiger partial charge in [-0.1, -0.05) is 27.2 Å². The monoisotopic (exact) mass is 230 g/mol. The zero-order valence-electron chi connectivity index (χ0n) is 11.6. The van der Waals surface area contributed by atoms with E-state index in [1.165, 1.54) is 25.8 Å². The van der Waals surface area contributed by atoms with Crippen molar-refractivity contribution in [3.63, 3.8) is 0 Å². The van der Waals surface area contributed by atoms with Gasteiger partial charge in [0.25, 0.3) is 0 Å². The van der Waals surface area contributed by atoms with Gasteiger partial charge in [-0.05, 0) is 32.5 Å². The van der Waals surface area contributed by atoms with Crippen molar-refractivity contribution in [1.29, 1.82) is 0 Å². The van der Waals surface area contributed by atoms with Crippen LogP contribution in [0.25, 0.3) is 0 Å². The lowest BCUT2D eigenvalue weighted by atomic mass is 10.2. The standard InChI is InChI=1S/C13H30N2O/c1-5-15(11-12-16-4)10-8-6-7-9-14-13(2)3/h13-14H,5-12H2,1-4H3. The molecule has 0 saturated carbocycles. The first-order chi connectivity index (χ1) is 7.70. The largest absolute Gasteiger partial charge is 0.383 e. The summed E-state index contributed by atoms with van der Waals surface area (Å²) in [6.07, 6.45) is 3.92. The quantitative estimate of drug-likeness (QED) is 0.550. The molecule has 0 heterocycles. The van der Waals surface area contributed by atoms with Gasteiger partial charge in [-0.2, -0.15) is 0 Å². The molecule has 0 aromatic rings. The highest BCUT2D eigenvalue weighted by atomic mass is 16.5. The number of nitrogens with one attached hydrogen (secondary N) is 1. The Hall–Kier alpha value is -0.120. The zero-order valence-corrected chi connectivity index (χ0v) is 11.6. The van der Waals surface area contributed by atoms with Gasteiger partial charge < -0.3 is 15.0 Å². The maximum Gasteiger partial charge on any atom is 0.0589 e. The van der Waals surface area contributed by atoms with E-state index < -0.39 is 0 Å². The average Bonchev–Trinajstić information content (AvgIpc) is 2.26. The minimum absolute atomic E-state index is 0.619. The van der Waals surface area contributed by atoms with Gasteiger partial charge in [0.2, 0.25) is 0 Å². The van der Waals surface area contributed by atoms with E-state index >= 15 is 0 Å². The Morgan fingerprint density at radius 3 is 2.44 bits per heavy atom. The molecule has 0 amide bonds. The van der Waals surface area contributed by atoms with Crippen LogP contribution in [0.4, 0.5) is 0 Å². The maximum absolute atomic E-state index is 5.09. The van der Waals surface area contributed by atoms with Crippen molar-refractivity contribution in [3.8, 4) is 0 Å². The molecule has 0 unspecified atom stereocenters. The summed E-state index contributed by atoms with van der Waals surface area (Å²) in [6.45, 7) is 12.0. The van der Waals surface area contributed by atoms with Crippen molar-refractivity contribution >= 4 is 0 Å². The van der Waals surface area contributed by atoms with Crippen LogP contribution in [-0.4, -0.2) is 50.8 Å². The first-order valence-corrected chi connectivity index (χ1v) is 6.65. The second-order valence-corrected chi connectivity index (χ2v) is 4.60. The molecule has 0 radical (unpaired) electrons. The van der Waals surface area contributed by atoms with Gasteiger partial charge in [0.1, 0.15) is 0 Å². The molecular weight excluding hydrogens is 200 g/mol. The third-order valence-electron chi connectivity index (χ3n) is 2.76. The third-order valence-corrected chi connectivity index (χ3v) is 2.76. The van der Waals surface area contributed by atoms with Gasteiger partial charge >= 0.3 is 0 Å². The zero-order chi connectivity index (χ0) is 12.2. The summed E-state index contributed by atoms with van der Waals surface area (Å²) in [5.74, 6) is 0. The van der Waals surface area contributed by atoms with E-state index in [-0.39, 0.29) is 0 Å². The second kappa shape index (κ2) is 11.4. The molecular formula is C13H30N2O. The normalized spacial score (nSPS) is 11.6. The minimum Gasteiger partial charge on any atom is -0.383 e. The molecule has 0 spiro atoms. The summed E-state index contributed by atoms with van der Waals surface area (Å²) in [5, 5.41) is 3.45. The Bertz CT molecular complexity index is 140. The first-order valence-electron chi connectivity index (χ1n) is 6.65. The molecule has 0 aliphatic rings. The lowest BCUT2D eigenvalue weighted by molar-refractivity contribution is 0.149. The van der Waals surface area contributed by atoms with Crippen molar-refractivity contribution in [2.75, 3.05) is 39.9 Å². The second-order valence-electron chi connectivity index (χ2n) is 4.60. The number of rotatable bonds is 11. The number of hydrogen-bond acceptors (Lipinski definition) is 3. The van der Waals surface area contributed by atoms with Crippen LogP contribution in [0, 0.1) is 0 Å². The fourth-order valence-electron chi connectivity index (χ4n) is 1.68. The lowest BCUT2D eigenvalue weighted by Gasteiger charge is -2.19. The van der Waals surface area contributed by atoms with Crippen LogP contribution in [-0.2, 0) is 4.74 Å². The Labute approximate surface area is 102 Å². The van der Waals surface area contributed by atoms with E-state index in [1.807, 2.05) is 0 Å². The van der Waals surface area contributed by atoms with Crippen molar-refractivity contribution in [3.05, 3.63) is 0 Å². The fraction of sp³-hybridized carbons (Fsp3) is 1.00. The summed E-state index contributed by atoms with van der Waals surface area (Å²) < 4.78 is 5.09. The Morgan fingerprint density at radius 1 is 1.12 bits per heavy atom. The molecule has 0 atom stereocenters. The Balaban J connectivity index is 3.27. The third kappa shape index (κ3) is 10.4. The number of unbranched alkanes of at least 4 members (excludes halogenated alkanes) is 2. The number of likely N-dealkylation sites (N-methyl/N-ethyl adjacent to an activating group) is 1. The summed E-state index contributed by atoms with van der Waals surface area (Å²) in [6, 6.07) is 0.619. The summed E-state index contributed by atoms with van der Waals surface area (Å²) >= 11 is 0. The first kappa shape index (κ1) is 15.9. The molecule has 1 N–H and O–H groups in total. The highest BCUT2D eigenvalue weighted by Gasteiger charge is 2.01. The van der Waals surface area contributed by atoms with Crippen molar-refractivity contribution in [1.82, 2.24) is 10.2 Å². The van der Waals surface area contributed by atoms with Crippen LogP contribution in [0.3, 0.4) is 0 Å². The molecule has 0 aromatic carbocycles. The highest BCUT2D eigenvalue weighted by molar-refractivity contribution is 4.57. The molecule has 0 saturated heterocycles. The van der Waals surface area contributed by atoms with E-state index in [0.717, 1.165) is 26.2 Å². The van der Waals surface area contributed by atoms with Crippen LogP contribution < -0.4 is 5.32 Å². The van der Waals surface area contributed by atoms with Crippen LogP contribution in [0.15, 0.2) is 0 Å². The van der Waals surface area contributed by atoms with E-state index in [0.29, 0.717) is 6.04 Å². The van der Waals surface area contributed by atoms with Gasteiger partial charge in [0, 0.05) is 19.7 Å². The van der Waals surface area contributed by atoms with Crippen LogP contribution in [0.2, 0.25) is 0 Å². The molecule has 0 bridgehead atoms. The van der Waals surface area contributed by atoms with Gasteiger partial charge in [-0.25, -0.2) is 0 Å². The molecule has 0 aliphatic heterocycles. The van der Waals surface area contributed by atoms with Gasteiger partial charge in [0.05, 0.1) is 6.61 Å². The fourth-order valence-corrected chi connectivity index (χ4v) is 1.68. The molecule has 16 heavy (non-hydrogen) atoms. The van der Waals surface area contributed by atoms with E-state index in [1.54, 1.807) is 7.11 Å². The molecule has 98 valence electrons. The maximum atomic E-state index is 5.09. The van der Waals surface area contributed by atoms with E-state index in [4.69, 9.17) is 4.74 Å². The molecule has 3 heteroatoms. The lowest BCUT2D eigenvalue weighted by Crippen LogP contribution is -2.28. The predicted molar refractivity (Wildman–Crippen MR) is 71.0 cm³/mol. The highest BCUT2D eigenvalue weighted by Crippen LogP contribution is 1.98. The minimum atomic E-state index is 0.619. The summed E-state index contributed by atoms with van der Waals surface area (Å²) in [4.78, 5) is 2.46. The number of ether oxygens (including phenoxy) is 1.